The fourth-order valence-corrected chi connectivity index (χ4v) is 6.78. The Kier molecular flexibility index (Phi) is 5.47. The van der Waals surface area contributed by atoms with Crippen LogP contribution in [-0.2, 0) is 9.53 Å². The summed E-state index contributed by atoms with van der Waals surface area (Å²) in [7, 11) is 0. The average molecular weight is 540 g/mol. The zero-order chi connectivity index (χ0) is 27.2. The van der Waals surface area contributed by atoms with Crippen molar-refractivity contribution >= 4 is 29.0 Å². The summed E-state index contributed by atoms with van der Waals surface area (Å²) in [5.74, 6) is 0.138. The highest BCUT2D eigenvalue weighted by molar-refractivity contribution is 6.30. The molecule has 8 nitrogen and oxygen atoms in total. The first kappa shape index (κ1) is 25.2. The molecule has 0 atom stereocenters. The van der Waals surface area contributed by atoms with Crippen molar-refractivity contribution in [2.75, 3.05) is 31.1 Å². The van der Waals surface area contributed by atoms with Crippen LogP contribution in [0.1, 0.15) is 44.9 Å². The van der Waals surface area contributed by atoms with E-state index in [1.165, 1.54) is 10.5 Å². The molecule has 7 rings (SSSR count). The second-order valence-corrected chi connectivity index (χ2v) is 12.1. The number of aryl methyl sites for hydroxylation is 1. The Hall–Kier alpha value is -3.04. The van der Waals surface area contributed by atoms with E-state index in [1.54, 1.807) is 32.2 Å². The molecule has 2 bridgehead atoms. The van der Waals surface area contributed by atoms with Crippen LogP contribution >= 0.6 is 11.6 Å². The van der Waals surface area contributed by atoms with Gasteiger partial charge in [-0.1, -0.05) is 11.6 Å². The standard InChI is InChI=1S/C28H31ClFN5O3/c1-16-17(2)31-23-22(19-7-6-18(29)12-20(19)30)32-21(13-35(23)24(16)36)33-8-10-34(11-9-33)25(37)28-14-27(5,15-28)38-26(28,3)4/h6-7,12-13H,8-11,14-15H2,1-5H3. The van der Waals surface area contributed by atoms with Crippen molar-refractivity contribution in [1.82, 2.24) is 19.3 Å². The Labute approximate surface area is 225 Å². The van der Waals surface area contributed by atoms with Gasteiger partial charge in [0, 0.05) is 48.0 Å². The summed E-state index contributed by atoms with van der Waals surface area (Å²) in [6, 6.07) is 4.37. The molecule has 4 fully saturated rings. The van der Waals surface area contributed by atoms with Gasteiger partial charge in [-0.05, 0) is 65.7 Å². The van der Waals surface area contributed by atoms with E-state index < -0.39 is 16.8 Å². The lowest BCUT2D eigenvalue weighted by Crippen LogP contribution is -2.60. The Bertz CT molecular complexity index is 1550. The second kappa shape index (κ2) is 8.23. The number of piperazine rings is 1. The minimum absolute atomic E-state index is 0.152. The molecule has 0 unspecified atom stereocenters. The maximum atomic E-state index is 15.0. The number of rotatable bonds is 3. The largest absolute Gasteiger partial charge is 0.368 e. The number of hydrogen-bond acceptors (Lipinski definition) is 6. The third-order valence-electron chi connectivity index (χ3n) is 8.76. The van der Waals surface area contributed by atoms with E-state index in [1.807, 2.05) is 23.6 Å². The lowest BCUT2D eigenvalue weighted by molar-refractivity contribution is -0.150. The van der Waals surface area contributed by atoms with E-state index >= 15 is 4.39 Å². The predicted molar refractivity (Wildman–Crippen MR) is 143 cm³/mol. The molecule has 0 spiro atoms. The zero-order valence-corrected chi connectivity index (χ0v) is 23.0. The molecule has 2 aromatic heterocycles. The number of nitrogens with zero attached hydrogens (tertiary/aromatic N) is 5. The third kappa shape index (κ3) is 3.58. The van der Waals surface area contributed by atoms with Gasteiger partial charge in [0.25, 0.3) is 5.56 Å². The number of ether oxygens (including phenoxy) is 1. The number of benzene rings is 1. The topological polar surface area (TPSA) is 80.0 Å². The van der Waals surface area contributed by atoms with Crippen molar-refractivity contribution in [3.05, 3.63) is 56.8 Å². The fraction of sp³-hybridized carbons (Fsp3) is 0.500. The number of anilines is 1. The first-order valence-corrected chi connectivity index (χ1v) is 13.3. The van der Waals surface area contributed by atoms with Crippen molar-refractivity contribution in [3.8, 4) is 11.3 Å². The minimum Gasteiger partial charge on any atom is -0.368 e. The Morgan fingerprint density at radius 3 is 2.37 bits per heavy atom. The normalized spacial score (nSPS) is 26.1. The Balaban J connectivity index is 1.34. The molecule has 38 heavy (non-hydrogen) atoms. The van der Waals surface area contributed by atoms with E-state index in [9.17, 15) is 9.59 Å². The second-order valence-electron chi connectivity index (χ2n) is 11.7. The van der Waals surface area contributed by atoms with Crippen LogP contribution in [-0.4, -0.2) is 62.6 Å². The van der Waals surface area contributed by atoms with Crippen LogP contribution < -0.4 is 10.5 Å². The lowest BCUT2D eigenvalue weighted by Gasteiger charge is -2.48. The molecule has 3 aliphatic heterocycles. The van der Waals surface area contributed by atoms with Crippen LogP contribution in [0, 0.1) is 25.1 Å². The molecular formula is C28H31ClFN5O3. The third-order valence-corrected chi connectivity index (χ3v) is 8.99. The highest BCUT2D eigenvalue weighted by Crippen LogP contribution is 2.66. The number of fused-ring (bicyclic) bond motifs is 2. The number of carbonyl (C=O) groups is 1. The molecule has 0 N–H and O–H groups in total. The summed E-state index contributed by atoms with van der Waals surface area (Å²) in [5.41, 5.74) is 0.463. The zero-order valence-electron chi connectivity index (χ0n) is 22.3. The van der Waals surface area contributed by atoms with Crippen molar-refractivity contribution in [2.45, 2.75) is 58.7 Å². The van der Waals surface area contributed by atoms with E-state index in [0.29, 0.717) is 43.3 Å². The highest BCUT2D eigenvalue weighted by atomic mass is 35.5. The monoisotopic (exact) mass is 539 g/mol. The molecule has 1 saturated carbocycles. The lowest BCUT2D eigenvalue weighted by atomic mass is 9.56. The minimum atomic E-state index is -0.542. The maximum absolute atomic E-state index is 15.0. The van der Waals surface area contributed by atoms with Gasteiger partial charge in [-0.3, -0.25) is 14.0 Å². The van der Waals surface area contributed by atoms with Gasteiger partial charge in [-0.25, -0.2) is 14.4 Å². The van der Waals surface area contributed by atoms with Gasteiger partial charge in [0.05, 0.1) is 22.8 Å². The molecule has 1 amide bonds. The highest BCUT2D eigenvalue weighted by Gasteiger charge is 2.73. The van der Waals surface area contributed by atoms with E-state index in [-0.39, 0.29) is 39.0 Å². The van der Waals surface area contributed by atoms with Crippen LogP contribution in [0.25, 0.3) is 16.9 Å². The number of hydrogen-bond donors (Lipinski definition) is 0. The predicted octanol–water partition coefficient (Wildman–Crippen LogP) is 4.16. The molecule has 3 saturated heterocycles. The van der Waals surface area contributed by atoms with Gasteiger partial charge in [0.15, 0.2) is 5.65 Å². The molecular weight excluding hydrogens is 509 g/mol. The fourth-order valence-electron chi connectivity index (χ4n) is 6.63. The SMILES string of the molecule is Cc1nc2c(-c3ccc(Cl)cc3F)nc(N3CCN(C(=O)C45CC(C)(C4)OC5(C)C)CC3)cn2c(=O)c1C. The van der Waals surface area contributed by atoms with Gasteiger partial charge in [-0.2, -0.15) is 0 Å². The molecule has 5 heterocycles. The molecule has 3 aromatic rings. The van der Waals surface area contributed by atoms with Gasteiger partial charge >= 0.3 is 0 Å². The Morgan fingerprint density at radius 2 is 1.76 bits per heavy atom. The van der Waals surface area contributed by atoms with E-state index in [4.69, 9.17) is 21.3 Å². The van der Waals surface area contributed by atoms with Crippen LogP contribution in [0.15, 0.2) is 29.2 Å². The van der Waals surface area contributed by atoms with Crippen LogP contribution in [0.4, 0.5) is 10.2 Å². The first-order chi connectivity index (χ1) is 17.8. The molecule has 4 aliphatic rings. The summed E-state index contributed by atoms with van der Waals surface area (Å²) in [6.45, 7) is 11.7. The molecule has 200 valence electrons. The summed E-state index contributed by atoms with van der Waals surface area (Å²) in [4.78, 5) is 40.2. The number of carbonyl (C=O) groups excluding carboxylic acids is 1. The van der Waals surface area contributed by atoms with Crippen molar-refractivity contribution in [2.24, 2.45) is 5.41 Å². The first-order valence-electron chi connectivity index (χ1n) is 12.9. The average Bonchev–Trinajstić information content (AvgIpc) is 3.20. The summed E-state index contributed by atoms with van der Waals surface area (Å²) in [5, 5.41) is 0.270. The van der Waals surface area contributed by atoms with Crippen molar-refractivity contribution in [1.29, 1.82) is 0 Å². The number of aromatic nitrogens is 3. The van der Waals surface area contributed by atoms with Gasteiger partial charge in [0.2, 0.25) is 5.91 Å². The van der Waals surface area contributed by atoms with Crippen molar-refractivity contribution < 1.29 is 13.9 Å². The molecule has 0 radical (unpaired) electrons. The van der Waals surface area contributed by atoms with Gasteiger partial charge in [0.1, 0.15) is 17.3 Å². The molecule has 10 heteroatoms. The van der Waals surface area contributed by atoms with Crippen LogP contribution in [0.3, 0.4) is 0 Å². The smallest absolute Gasteiger partial charge is 0.261 e. The van der Waals surface area contributed by atoms with Gasteiger partial charge < -0.3 is 14.5 Å². The van der Waals surface area contributed by atoms with Crippen LogP contribution in [0.2, 0.25) is 5.02 Å². The maximum Gasteiger partial charge on any atom is 0.261 e. The summed E-state index contributed by atoms with van der Waals surface area (Å²) < 4.78 is 22.7. The van der Waals surface area contributed by atoms with Gasteiger partial charge in [-0.15, -0.1) is 0 Å². The quantitative estimate of drug-likeness (QED) is 0.497. The summed E-state index contributed by atoms with van der Waals surface area (Å²) in [6.07, 6.45) is 3.17. The summed E-state index contributed by atoms with van der Waals surface area (Å²) >= 11 is 5.99. The van der Waals surface area contributed by atoms with Crippen molar-refractivity contribution in [3.63, 3.8) is 0 Å². The van der Waals surface area contributed by atoms with Crippen LogP contribution in [0.5, 0.6) is 0 Å². The molecule has 1 aliphatic carbocycles. The number of amides is 1. The van der Waals surface area contributed by atoms with E-state index in [2.05, 4.69) is 11.9 Å². The number of halogens is 2. The Morgan fingerprint density at radius 1 is 1.08 bits per heavy atom. The molecule has 1 aromatic carbocycles. The van der Waals surface area contributed by atoms with E-state index in [0.717, 1.165) is 12.8 Å².